The minimum Gasteiger partial charge on any atom is -0.478 e. The van der Waals surface area contributed by atoms with E-state index in [1.807, 2.05) is 25.1 Å². The van der Waals surface area contributed by atoms with E-state index >= 15 is 0 Å². The molecule has 8 heteroatoms. The Balaban J connectivity index is 1.14. The number of fused-ring (bicyclic) bond motifs is 1. The van der Waals surface area contributed by atoms with Gasteiger partial charge in [0.05, 0.1) is 23.3 Å². The van der Waals surface area contributed by atoms with Crippen LogP contribution in [0.15, 0.2) is 60.8 Å². The van der Waals surface area contributed by atoms with Crippen molar-refractivity contribution < 1.29 is 14.7 Å². The number of aromatic carboxylic acids is 1. The van der Waals surface area contributed by atoms with Crippen LogP contribution < -0.4 is 4.90 Å². The molecule has 1 amide bonds. The molecule has 238 valence electrons. The number of nitrogens with zero attached hydrogens (tertiary/aromatic N) is 5. The van der Waals surface area contributed by atoms with E-state index in [-0.39, 0.29) is 5.56 Å². The van der Waals surface area contributed by atoms with Crippen LogP contribution in [0.5, 0.6) is 0 Å². The maximum absolute atomic E-state index is 12.6. The molecule has 46 heavy (non-hydrogen) atoms. The zero-order valence-corrected chi connectivity index (χ0v) is 27.1. The van der Waals surface area contributed by atoms with Crippen molar-refractivity contribution in [2.75, 3.05) is 24.5 Å². The highest BCUT2D eigenvalue weighted by Gasteiger charge is 2.35. The van der Waals surface area contributed by atoms with Gasteiger partial charge < -0.3 is 14.9 Å². The number of rotatable bonds is 9. The summed E-state index contributed by atoms with van der Waals surface area (Å²) in [6, 6.07) is 19.4. The van der Waals surface area contributed by atoms with Crippen molar-refractivity contribution >= 4 is 17.6 Å². The van der Waals surface area contributed by atoms with E-state index in [0.29, 0.717) is 41.6 Å². The number of para-hydroxylation sites is 1. The number of carbonyl (C=O) groups excluding carboxylic acids is 1. The average Bonchev–Trinajstić information content (AvgIpc) is 3.76. The second-order valence-corrected chi connectivity index (χ2v) is 13.2. The molecule has 1 atom stereocenters. The third-order valence-corrected chi connectivity index (χ3v) is 10.2. The normalized spacial score (nSPS) is 18.2. The number of hydrogen-bond acceptors (Lipinski definition) is 5. The topological polar surface area (TPSA) is 91.6 Å². The molecule has 4 heterocycles. The van der Waals surface area contributed by atoms with E-state index in [1.165, 1.54) is 34.1 Å². The van der Waals surface area contributed by atoms with Crippen molar-refractivity contribution in [2.24, 2.45) is 5.92 Å². The molecule has 3 aliphatic rings. The number of aromatic nitrogens is 3. The Labute approximate surface area is 271 Å². The van der Waals surface area contributed by atoms with Crippen LogP contribution in [0, 0.1) is 5.92 Å². The highest BCUT2D eigenvalue weighted by molar-refractivity contribution is 5.89. The first-order valence-corrected chi connectivity index (χ1v) is 16.9. The standard InChI is InChI=1S/C38H43N5O3/c1-4-26-20-25(12-15-30(26)27-16-18-41(19-17-27)37(44)28-13-14-28)23-42-22-24(3)29-8-6-9-31(36(29)42)33-10-7-11-35(40-33)43-34(5-2)32(21-39-43)38(45)46/h6-12,15,20-21,24,27-28H,4-5,13-14,16-19,22-23H2,1-3H3,(H,45,46). The summed E-state index contributed by atoms with van der Waals surface area (Å²) in [7, 11) is 0. The van der Waals surface area contributed by atoms with Crippen LogP contribution in [0.1, 0.15) is 96.6 Å². The first kappa shape index (κ1) is 30.2. The zero-order valence-electron chi connectivity index (χ0n) is 27.1. The van der Waals surface area contributed by atoms with Gasteiger partial charge in [-0.25, -0.2) is 14.5 Å². The molecule has 1 saturated carbocycles. The molecule has 8 nitrogen and oxygen atoms in total. The van der Waals surface area contributed by atoms with Gasteiger partial charge in [-0.3, -0.25) is 4.79 Å². The molecular formula is C38H43N5O3. The first-order valence-electron chi connectivity index (χ1n) is 16.9. The number of carboxylic acids is 1. The number of likely N-dealkylation sites (tertiary alicyclic amines) is 1. The molecule has 1 unspecified atom stereocenters. The second kappa shape index (κ2) is 12.4. The molecule has 7 rings (SSSR count). The molecule has 0 spiro atoms. The van der Waals surface area contributed by atoms with Crippen LogP contribution in [0.2, 0.25) is 0 Å². The lowest BCUT2D eigenvalue weighted by Crippen LogP contribution is -2.38. The second-order valence-electron chi connectivity index (χ2n) is 13.2. The van der Waals surface area contributed by atoms with Crippen LogP contribution in [0.4, 0.5) is 5.69 Å². The van der Waals surface area contributed by atoms with Crippen molar-refractivity contribution in [1.29, 1.82) is 0 Å². The van der Waals surface area contributed by atoms with E-state index in [1.54, 1.807) is 4.68 Å². The Morgan fingerprint density at radius 1 is 0.935 bits per heavy atom. The number of pyridine rings is 1. The quantitative estimate of drug-likeness (QED) is 0.218. The average molecular weight is 618 g/mol. The third-order valence-electron chi connectivity index (χ3n) is 10.2. The van der Waals surface area contributed by atoms with E-state index in [4.69, 9.17) is 4.98 Å². The number of carbonyl (C=O) groups is 2. The zero-order chi connectivity index (χ0) is 31.9. The highest BCUT2D eigenvalue weighted by atomic mass is 16.4. The van der Waals surface area contributed by atoms with Gasteiger partial charge in [-0.1, -0.05) is 63.2 Å². The molecule has 2 fully saturated rings. The van der Waals surface area contributed by atoms with Crippen molar-refractivity contribution in [3.8, 4) is 17.1 Å². The van der Waals surface area contributed by atoms with Crippen LogP contribution >= 0.6 is 0 Å². The summed E-state index contributed by atoms with van der Waals surface area (Å²) in [5.41, 5.74) is 9.50. The molecular weight excluding hydrogens is 574 g/mol. The van der Waals surface area contributed by atoms with Gasteiger partial charge in [-0.15, -0.1) is 0 Å². The summed E-state index contributed by atoms with van der Waals surface area (Å²) in [5, 5.41) is 14.0. The number of amides is 1. The van der Waals surface area contributed by atoms with Crippen molar-refractivity contribution in [1.82, 2.24) is 19.7 Å². The summed E-state index contributed by atoms with van der Waals surface area (Å²) < 4.78 is 1.65. The minimum absolute atomic E-state index is 0.210. The fourth-order valence-corrected chi connectivity index (χ4v) is 7.65. The van der Waals surface area contributed by atoms with Crippen LogP contribution in [0.25, 0.3) is 17.1 Å². The van der Waals surface area contributed by atoms with Gasteiger partial charge in [-0.05, 0) is 78.8 Å². The SMILES string of the molecule is CCc1cc(CN2CC(C)c3cccc(-c4cccc(-n5ncc(C(=O)O)c5CC)n4)c32)ccc1C1CCN(C(=O)C2CC2)CC1. The molecule has 2 aromatic heterocycles. The molecule has 1 N–H and O–H groups in total. The number of carboxylic acid groups (broad SMARTS) is 1. The fraction of sp³-hybridized carbons (Fsp3) is 0.421. The van der Waals surface area contributed by atoms with Gasteiger partial charge in [0.15, 0.2) is 5.82 Å². The van der Waals surface area contributed by atoms with Crippen LogP contribution in [0.3, 0.4) is 0 Å². The Morgan fingerprint density at radius 2 is 1.72 bits per heavy atom. The number of aryl methyl sites for hydroxylation is 1. The molecule has 2 aliphatic heterocycles. The maximum Gasteiger partial charge on any atom is 0.339 e. The van der Waals surface area contributed by atoms with E-state index in [2.05, 4.69) is 65.1 Å². The van der Waals surface area contributed by atoms with Gasteiger partial charge in [-0.2, -0.15) is 5.10 Å². The Bertz CT molecular complexity index is 1780. The van der Waals surface area contributed by atoms with Crippen molar-refractivity contribution in [3.05, 3.63) is 94.3 Å². The number of benzene rings is 2. The number of piperidine rings is 1. The molecule has 1 saturated heterocycles. The van der Waals surface area contributed by atoms with Gasteiger partial charge in [0.1, 0.15) is 5.56 Å². The molecule has 4 aromatic rings. The maximum atomic E-state index is 12.6. The van der Waals surface area contributed by atoms with Gasteiger partial charge >= 0.3 is 5.97 Å². The van der Waals surface area contributed by atoms with E-state index in [0.717, 1.165) is 69.5 Å². The van der Waals surface area contributed by atoms with Crippen LogP contribution in [-0.2, 0) is 24.2 Å². The summed E-state index contributed by atoms with van der Waals surface area (Å²) in [6.45, 7) is 9.99. The number of hydrogen-bond donors (Lipinski definition) is 1. The van der Waals surface area contributed by atoms with E-state index < -0.39 is 5.97 Å². The Morgan fingerprint density at radius 3 is 2.43 bits per heavy atom. The molecule has 0 bridgehead atoms. The van der Waals surface area contributed by atoms with Gasteiger partial charge in [0, 0.05) is 43.6 Å². The molecule has 2 aromatic carbocycles. The summed E-state index contributed by atoms with van der Waals surface area (Å²) in [5.74, 6) is 1.22. The number of anilines is 1. The summed E-state index contributed by atoms with van der Waals surface area (Å²) >= 11 is 0. The minimum atomic E-state index is -0.977. The van der Waals surface area contributed by atoms with E-state index in [9.17, 15) is 14.7 Å². The summed E-state index contributed by atoms with van der Waals surface area (Å²) in [6.07, 6.45) is 7.19. The highest BCUT2D eigenvalue weighted by Crippen LogP contribution is 2.44. The third kappa shape index (κ3) is 5.59. The summed E-state index contributed by atoms with van der Waals surface area (Å²) in [4.78, 5) is 34.0. The molecule has 0 radical (unpaired) electrons. The lowest BCUT2D eigenvalue weighted by Gasteiger charge is -2.33. The Kier molecular flexibility index (Phi) is 8.13. The predicted octanol–water partition coefficient (Wildman–Crippen LogP) is 7.00. The monoisotopic (exact) mass is 617 g/mol. The molecule has 1 aliphatic carbocycles. The predicted molar refractivity (Wildman–Crippen MR) is 180 cm³/mol. The van der Waals surface area contributed by atoms with Gasteiger partial charge in [0.25, 0.3) is 0 Å². The van der Waals surface area contributed by atoms with Gasteiger partial charge in [0.2, 0.25) is 5.91 Å². The van der Waals surface area contributed by atoms with Crippen molar-refractivity contribution in [3.63, 3.8) is 0 Å². The first-order chi connectivity index (χ1) is 22.4. The lowest BCUT2D eigenvalue weighted by atomic mass is 9.85. The lowest BCUT2D eigenvalue weighted by molar-refractivity contribution is -0.133. The van der Waals surface area contributed by atoms with Crippen molar-refractivity contribution in [2.45, 2.75) is 77.7 Å². The smallest absolute Gasteiger partial charge is 0.339 e. The largest absolute Gasteiger partial charge is 0.478 e. The van der Waals surface area contributed by atoms with Crippen LogP contribution in [-0.4, -0.2) is 56.3 Å². The fourth-order valence-electron chi connectivity index (χ4n) is 7.65. The Hall–Kier alpha value is -4.46.